The predicted molar refractivity (Wildman–Crippen MR) is 144 cm³/mol. The third-order valence-corrected chi connectivity index (χ3v) is 7.81. The Kier molecular flexibility index (Phi) is 8.51. The number of hydrogen-bond acceptors (Lipinski definition) is 5. The molecule has 0 bridgehead atoms. The number of sulfonamides is 1. The number of pyridine rings is 2. The fourth-order valence-corrected chi connectivity index (χ4v) is 5.33. The predicted octanol–water partition coefficient (Wildman–Crippen LogP) is 5.28. The first-order chi connectivity index (χ1) is 18.6. The van der Waals surface area contributed by atoms with Gasteiger partial charge in [-0.15, -0.1) is 0 Å². The summed E-state index contributed by atoms with van der Waals surface area (Å²) in [7, 11) is -3.75. The number of carboxylic acids is 1. The molecule has 0 aliphatic heterocycles. The van der Waals surface area contributed by atoms with E-state index in [1.807, 2.05) is 0 Å². The minimum atomic E-state index is -3.75. The molecular weight excluding hydrogens is 528 g/mol. The summed E-state index contributed by atoms with van der Waals surface area (Å²) >= 11 is 0. The minimum Gasteiger partial charge on any atom is -0.477 e. The first-order valence-corrected chi connectivity index (χ1v) is 13.9. The van der Waals surface area contributed by atoms with Crippen LogP contribution in [0.3, 0.4) is 0 Å². The van der Waals surface area contributed by atoms with Crippen molar-refractivity contribution in [2.75, 3.05) is 6.54 Å². The summed E-state index contributed by atoms with van der Waals surface area (Å²) < 4.78 is 57.9. The zero-order chi connectivity index (χ0) is 28.2. The molecule has 0 atom stereocenters. The number of fused-ring (bicyclic) bond motifs is 1. The molecule has 0 fully saturated rings. The van der Waals surface area contributed by atoms with Crippen molar-refractivity contribution in [3.8, 4) is 16.9 Å². The zero-order valence-electron chi connectivity index (χ0n) is 21.2. The topological polar surface area (TPSA) is 118 Å². The summed E-state index contributed by atoms with van der Waals surface area (Å²) in [4.78, 5) is 28.5. The number of hydrogen-bond donors (Lipinski definition) is 2. The number of halogens is 2. The third-order valence-electron chi connectivity index (χ3n) is 6.33. The van der Waals surface area contributed by atoms with Gasteiger partial charge in [0.1, 0.15) is 23.0 Å². The number of aromatic carboxylic acids is 1. The number of nitrogens with zero attached hydrogens (tertiary/aromatic N) is 2. The largest absolute Gasteiger partial charge is 0.477 e. The molecule has 0 aliphatic carbocycles. The van der Waals surface area contributed by atoms with Crippen molar-refractivity contribution < 1.29 is 27.1 Å². The lowest BCUT2D eigenvalue weighted by atomic mass is 10.0. The lowest BCUT2D eigenvalue weighted by Crippen LogP contribution is -2.24. The van der Waals surface area contributed by atoms with E-state index >= 15 is 4.39 Å². The molecule has 0 amide bonds. The lowest BCUT2D eigenvalue weighted by molar-refractivity contribution is 0.0695. The molecule has 0 radical (unpaired) electrons. The summed E-state index contributed by atoms with van der Waals surface area (Å²) in [5, 5.41) is 9.29. The van der Waals surface area contributed by atoms with Gasteiger partial charge in [-0.05, 0) is 48.4 Å². The van der Waals surface area contributed by atoms with Crippen molar-refractivity contribution in [2.45, 2.75) is 43.9 Å². The van der Waals surface area contributed by atoms with Crippen LogP contribution in [0.15, 0.2) is 70.6 Å². The van der Waals surface area contributed by atoms with E-state index in [1.54, 1.807) is 0 Å². The maximum absolute atomic E-state index is 15.2. The normalized spacial score (nSPS) is 11.7. The molecule has 0 saturated heterocycles. The van der Waals surface area contributed by atoms with Crippen LogP contribution in [0.4, 0.5) is 8.78 Å². The Morgan fingerprint density at radius 1 is 1.03 bits per heavy atom. The number of unbranched alkanes of at least 4 members (excludes halogenated alkanes) is 4. The maximum atomic E-state index is 15.2. The summed E-state index contributed by atoms with van der Waals surface area (Å²) in [5.41, 5.74) is -0.964. The Bertz CT molecular complexity index is 1670. The van der Waals surface area contributed by atoms with Gasteiger partial charge in [0.2, 0.25) is 15.5 Å². The second kappa shape index (κ2) is 11.8. The SMILES string of the molecule is CCCCCCCNS(=O)(=O)c1ccc(-c2cc3c(cc2F)c(=O)c(C(=O)O)cn3-c2ccc(F)cn2)cc1. The van der Waals surface area contributed by atoms with E-state index in [9.17, 15) is 27.5 Å². The summed E-state index contributed by atoms with van der Waals surface area (Å²) in [6.07, 6.45) is 6.90. The van der Waals surface area contributed by atoms with Crippen LogP contribution in [-0.4, -0.2) is 35.6 Å². The molecule has 204 valence electrons. The van der Waals surface area contributed by atoms with E-state index in [0.29, 0.717) is 12.1 Å². The number of benzene rings is 2. The van der Waals surface area contributed by atoms with Crippen LogP contribution in [-0.2, 0) is 10.0 Å². The van der Waals surface area contributed by atoms with Crippen molar-refractivity contribution in [3.63, 3.8) is 0 Å². The van der Waals surface area contributed by atoms with Crippen LogP contribution >= 0.6 is 0 Å². The molecule has 0 spiro atoms. The van der Waals surface area contributed by atoms with Gasteiger partial charge in [-0.3, -0.25) is 4.79 Å². The van der Waals surface area contributed by atoms with Gasteiger partial charge < -0.3 is 9.67 Å². The quantitative estimate of drug-likeness (QED) is 0.243. The van der Waals surface area contributed by atoms with Gasteiger partial charge in [0, 0.05) is 23.7 Å². The second-order valence-corrected chi connectivity index (χ2v) is 10.8. The average molecular weight is 556 g/mol. The monoisotopic (exact) mass is 555 g/mol. The van der Waals surface area contributed by atoms with Gasteiger partial charge in [0.05, 0.1) is 16.6 Å². The van der Waals surface area contributed by atoms with Crippen LogP contribution < -0.4 is 10.2 Å². The van der Waals surface area contributed by atoms with Crippen molar-refractivity contribution in [2.24, 2.45) is 0 Å². The molecule has 2 aromatic heterocycles. The third kappa shape index (κ3) is 6.21. The molecule has 4 aromatic rings. The van der Waals surface area contributed by atoms with E-state index in [0.717, 1.165) is 56.6 Å². The molecule has 2 aromatic carbocycles. The van der Waals surface area contributed by atoms with Crippen molar-refractivity contribution in [3.05, 3.63) is 88.3 Å². The highest BCUT2D eigenvalue weighted by molar-refractivity contribution is 7.89. The summed E-state index contributed by atoms with van der Waals surface area (Å²) in [6, 6.07) is 10.3. The van der Waals surface area contributed by atoms with Gasteiger partial charge in [-0.25, -0.2) is 31.7 Å². The molecule has 4 rings (SSSR count). The minimum absolute atomic E-state index is 0.0273. The van der Waals surface area contributed by atoms with Crippen molar-refractivity contribution in [1.82, 2.24) is 14.3 Å². The molecule has 0 saturated carbocycles. The highest BCUT2D eigenvalue weighted by Gasteiger charge is 2.20. The Morgan fingerprint density at radius 3 is 2.38 bits per heavy atom. The fourth-order valence-electron chi connectivity index (χ4n) is 4.25. The van der Waals surface area contributed by atoms with Crippen molar-refractivity contribution >= 4 is 26.9 Å². The van der Waals surface area contributed by atoms with Crippen LogP contribution in [0.5, 0.6) is 0 Å². The van der Waals surface area contributed by atoms with Crippen LogP contribution in [0.1, 0.15) is 49.4 Å². The fraction of sp³-hybridized carbons (Fsp3) is 0.250. The number of rotatable bonds is 11. The standard InChI is InChI=1S/C28H27F2N3O5S/c1-2-3-4-5-6-13-32-39(37,38)20-10-7-18(8-11-20)21-15-25-22(14-24(21)30)27(34)23(28(35)36)17-33(25)26-12-9-19(29)16-31-26/h7-12,14-17,32H,2-6,13H2,1H3,(H,35,36). The highest BCUT2D eigenvalue weighted by atomic mass is 32.2. The number of nitrogens with one attached hydrogen (secondary N) is 1. The molecule has 2 heterocycles. The van der Waals surface area contributed by atoms with E-state index < -0.39 is 38.6 Å². The molecule has 0 aliphatic rings. The van der Waals surface area contributed by atoms with Crippen LogP contribution in [0.2, 0.25) is 0 Å². The number of aromatic nitrogens is 2. The van der Waals surface area contributed by atoms with Crippen molar-refractivity contribution in [1.29, 1.82) is 0 Å². The number of carbonyl (C=O) groups is 1. The molecule has 2 N–H and O–H groups in total. The van der Waals surface area contributed by atoms with Crippen LogP contribution in [0.25, 0.3) is 27.8 Å². The van der Waals surface area contributed by atoms with E-state index in [-0.39, 0.29) is 27.2 Å². The Morgan fingerprint density at radius 2 is 1.74 bits per heavy atom. The van der Waals surface area contributed by atoms with E-state index in [2.05, 4.69) is 16.6 Å². The first kappa shape index (κ1) is 28.1. The van der Waals surface area contributed by atoms with E-state index in [4.69, 9.17) is 0 Å². The molecule has 0 unspecified atom stereocenters. The summed E-state index contributed by atoms with van der Waals surface area (Å²) in [6.45, 7) is 2.42. The maximum Gasteiger partial charge on any atom is 0.341 e. The van der Waals surface area contributed by atoms with E-state index in [1.165, 1.54) is 41.0 Å². The Hall–Kier alpha value is -3.96. The van der Waals surface area contributed by atoms with Gasteiger partial charge in [0.25, 0.3) is 0 Å². The average Bonchev–Trinajstić information content (AvgIpc) is 2.91. The molecule has 11 heteroatoms. The molecular formula is C28H27F2N3O5S. The zero-order valence-corrected chi connectivity index (χ0v) is 22.0. The Balaban J connectivity index is 1.71. The van der Waals surface area contributed by atoms with Gasteiger partial charge >= 0.3 is 5.97 Å². The lowest BCUT2D eigenvalue weighted by Gasteiger charge is -2.14. The highest BCUT2D eigenvalue weighted by Crippen LogP contribution is 2.29. The van der Waals surface area contributed by atoms with Gasteiger partial charge in [0.15, 0.2) is 0 Å². The second-order valence-electron chi connectivity index (χ2n) is 9.07. The van der Waals surface area contributed by atoms with Gasteiger partial charge in [-0.2, -0.15) is 0 Å². The summed E-state index contributed by atoms with van der Waals surface area (Å²) in [5.74, 6) is -2.81. The molecule has 8 nitrogen and oxygen atoms in total. The smallest absolute Gasteiger partial charge is 0.341 e. The molecule has 39 heavy (non-hydrogen) atoms. The van der Waals surface area contributed by atoms with Crippen LogP contribution in [0, 0.1) is 11.6 Å². The Labute approximate surface area is 224 Å². The first-order valence-electron chi connectivity index (χ1n) is 12.5. The van der Waals surface area contributed by atoms with Gasteiger partial charge in [-0.1, -0.05) is 44.7 Å². The number of carboxylic acid groups (broad SMARTS) is 1.